The van der Waals surface area contributed by atoms with Crippen LogP contribution in [0.4, 0.5) is 0 Å². The van der Waals surface area contributed by atoms with Gasteiger partial charge in [0.15, 0.2) is 5.78 Å². The molecule has 0 saturated carbocycles. The fourth-order valence-corrected chi connectivity index (χ4v) is 3.71. The number of Topliss-reactive ketones (excluding diaryl/α,β-unsaturated/α-hetero) is 1. The van der Waals surface area contributed by atoms with Crippen molar-refractivity contribution in [2.75, 3.05) is 102 Å². The molecule has 0 aliphatic carbocycles. The minimum Gasteiger partial charge on any atom is -0.463 e. The molecule has 11 nitrogen and oxygen atoms in total. The molecular formula is C31H60O11. The summed E-state index contributed by atoms with van der Waals surface area (Å²) in [4.78, 5) is 30.8. The lowest BCUT2D eigenvalue weighted by Gasteiger charge is -2.35. The monoisotopic (exact) mass is 608 g/mol. The Balaban J connectivity index is -0.000000319. The van der Waals surface area contributed by atoms with E-state index in [4.69, 9.17) is 37.9 Å². The highest BCUT2D eigenvalue weighted by atomic mass is 16.5. The van der Waals surface area contributed by atoms with Crippen LogP contribution in [0.15, 0.2) is 25.3 Å². The molecule has 0 bridgehead atoms. The molecule has 0 aliphatic heterocycles. The first-order valence-corrected chi connectivity index (χ1v) is 13.4. The third-order valence-corrected chi connectivity index (χ3v) is 5.39. The van der Waals surface area contributed by atoms with E-state index in [9.17, 15) is 14.4 Å². The highest BCUT2D eigenvalue weighted by Gasteiger charge is 2.35. The number of ether oxygens (including phenoxy) is 8. The Bertz CT molecular complexity index is 620. The lowest BCUT2D eigenvalue weighted by Crippen LogP contribution is -2.45. The molecule has 0 aromatic heterocycles. The molecule has 11 heteroatoms. The fraction of sp³-hybridized carbons (Fsp3) is 0.774. The standard InChI is InChI=1S/C16H34O7.C10H16O3.C4H6O.CH4/c1-17-7-15(8-18-2,9-19-3)13-23-14-16(10-20-4,11-21-5)12-22-6;1-3-10(12)13-8-6-4-5-7-9(2)11;1-3-4(2)5;/h7-14H2,1-6H3;3H,1,4-8H2,2H3;3H,1H2,2H3;1H4. The van der Waals surface area contributed by atoms with Crippen molar-refractivity contribution in [3.05, 3.63) is 25.3 Å². The van der Waals surface area contributed by atoms with Crippen molar-refractivity contribution in [1.29, 1.82) is 0 Å². The first-order chi connectivity index (χ1) is 19.5. The maximum absolute atomic E-state index is 10.6. The van der Waals surface area contributed by atoms with Crippen LogP contribution in [0.5, 0.6) is 0 Å². The van der Waals surface area contributed by atoms with Crippen LogP contribution >= 0.6 is 0 Å². The predicted molar refractivity (Wildman–Crippen MR) is 165 cm³/mol. The third kappa shape index (κ3) is 28.1. The second-order valence-electron chi connectivity index (χ2n) is 9.79. The molecule has 0 atom stereocenters. The molecule has 250 valence electrons. The van der Waals surface area contributed by atoms with Gasteiger partial charge in [-0.1, -0.05) is 20.6 Å². The van der Waals surface area contributed by atoms with Crippen molar-refractivity contribution in [3.63, 3.8) is 0 Å². The zero-order chi connectivity index (χ0) is 32.0. The fourth-order valence-electron chi connectivity index (χ4n) is 3.71. The third-order valence-electron chi connectivity index (χ3n) is 5.39. The second kappa shape index (κ2) is 31.9. The molecule has 42 heavy (non-hydrogen) atoms. The molecule has 0 unspecified atom stereocenters. The molecule has 0 radical (unpaired) electrons. The van der Waals surface area contributed by atoms with E-state index in [-0.39, 0.29) is 35.8 Å². The van der Waals surface area contributed by atoms with Crippen LogP contribution in [0.1, 0.15) is 47.0 Å². The van der Waals surface area contributed by atoms with E-state index in [1.807, 2.05) is 0 Å². The van der Waals surface area contributed by atoms with Gasteiger partial charge in [-0.2, -0.15) is 0 Å². The van der Waals surface area contributed by atoms with E-state index in [2.05, 4.69) is 13.2 Å². The van der Waals surface area contributed by atoms with Crippen LogP contribution < -0.4 is 0 Å². The van der Waals surface area contributed by atoms with Crippen molar-refractivity contribution in [2.24, 2.45) is 10.8 Å². The molecule has 0 aromatic rings. The molecule has 0 fully saturated rings. The molecule has 0 aliphatic rings. The number of rotatable bonds is 24. The van der Waals surface area contributed by atoms with Crippen LogP contribution in [-0.2, 0) is 52.3 Å². The summed E-state index contributed by atoms with van der Waals surface area (Å²) in [5.74, 6) is -0.153. The molecule has 0 saturated heterocycles. The van der Waals surface area contributed by atoms with Crippen molar-refractivity contribution >= 4 is 17.5 Å². The van der Waals surface area contributed by atoms with Gasteiger partial charge in [0.1, 0.15) is 5.78 Å². The molecule has 0 rings (SSSR count). The number of ketones is 2. The Labute approximate surface area is 255 Å². The molecule has 0 aromatic carbocycles. The second-order valence-corrected chi connectivity index (χ2v) is 9.79. The largest absolute Gasteiger partial charge is 0.463 e. The normalized spacial score (nSPS) is 10.7. The Hall–Kier alpha value is -1.99. The van der Waals surface area contributed by atoms with Gasteiger partial charge in [0.25, 0.3) is 0 Å². The number of carbonyl (C=O) groups excluding carboxylic acids is 3. The topological polar surface area (TPSA) is 125 Å². The lowest BCUT2D eigenvalue weighted by molar-refractivity contribution is -0.137. The summed E-state index contributed by atoms with van der Waals surface area (Å²) in [7, 11) is 9.95. The van der Waals surface area contributed by atoms with Crippen molar-refractivity contribution < 1.29 is 52.3 Å². The number of hydrogen-bond donors (Lipinski definition) is 0. The zero-order valence-corrected chi connectivity index (χ0v) is 26.8. The average Bonchev–Trinajstić information content (AvgIpc) is 2.92. The number of methoxy groups -OCH3 is 6. The highest BCUT2D eigenvalue weighted by molar-refractivity contribution is 5.86. The predicted octanol–water partition coefficient (Wildman–Crippen LogP) is 4.12. The quantitative estimate of drug-likeness (QED) is 0.0893. The summed E-state index contributed by atoms with van der Waals surface area (Å²) in [6.07, 6.45) is 5.66. The first-order valence-electron chi connectivity index (χ1n) is 13.4. The van der Waals surface area contributed by atoms with E-state index in [0.29, 0.717) is 65.9 Å². The maximum Gasteiger partial charge on any atom is 0.330 e. The Morgan fingerprint density at radius 1 is 0.595 bits per heavy atom. The molecule has 0 amide bonds. The van der Waals surface area contributed by atoms with Crippen LogP contribution in [0.25, 0.3) is 0 Å². The van der Waals surface area contributed by atoms with Gasteiger partial charge in [-0.3, -0.25) is 4.79 Å². The van der Waals surface area contributed by atoms with Gasteiger partial charge in [0.05, 0.1) is 70.3 Å². The van der Waals surface area contributed by atoms with Crippen LogP contribution in [-0.4, -0.2) is 120 Å². The van der Waals surface area contributed by atoms with Gasteiger partial charge < -0.3 is 42.7 Å². The summed E-state index contributed by atoms with van der Waals surface area (Å²) < 4.78 is 42.7. The Morgan fingerprint density at radius 2 is 0.952 bits per heavy atom. The number of carbonyl (C=O) groups is 3. The summed E-state index contributed by atoms with van der Waals surface area (Å²) in [6.45, 7) is 13.8. The van der Waals surface area contributed by atoms with E-state index in [1.165, 1.54) is 13.0 Å². The highest BCUT2D eigenvalue weighted by Crippen LogP contribution is 2.24. The SMILES string of the molecule is C.C=CC(=O)OCCCCCC(C)=O.C=CC(C)=O.COCC(COC)(COC)COCC(COC)(COC)COC. The average molecular weight is 609 g/mol. The van der Waals surface area contributed by atoms with Crippen LogP contribution in [0.3, 0.4) is 0 Å². The molecular weight excluding hydrogens is 548 g/mol. The minimum absolute atomic E-state index is 0. The summed E-state index contributed by atoms with van der Waals surface area (Å²) in [5, 5.41) is 0. The minimum atomic E-state index is -0.383. The number of esters is 1. The van der Waals surface area contributed by atoms with Gasteiger partial charge in [-0.25, -0.2) is 4.79 Å². The summed E-state index contributed by atoms with van der Waals surface area (Å²) in [6, 6.07) is 0. The van der Waals surface area contributed by atoms with Gasteiger partial charge in [-0.15, -0.1) is 0 Å². The Morgan fingerprint density at radius 3 is 1.21 bits per heavy atom. The smallest absolute Gasteiger partial charge is 0.330 e. The molecule has 0 spiro atoms. The molecule has 0 N–H and O–H groups in total. The molecule has 0 heterocycles. The maximum atomic E-state index is 10.6. The summed E-state index contributed by atoms with van der Waals surface area (Å²) in [5.41, 5.74) is -0.700. The van der Waals surface area contributed by atoms with Crippen LogP contribution in [0, 0.1) is 10.8 Å². The van der Waals surface area contributed by atoms with Gasteiger partial charge in [-0.05, 0) is 39.2 Å². The van der Waals surface area contributed by atoms with Crippen molar-refractivity contribution in [2.45, 2.75) is 47.0 Å². The van der Waals surface area contributed by atoms with Gasteiger partial charge in [0, 0.05) is 55.2 Å². The lowest BCUT2D eigenvalue weighted by atomic mass is 9.90. The van der Waals surface area contributed by atoms with Crippen molar-refractivity contribution in [1.82, 2.24) is 0 Å². The number of unbranched alkanes of at least 4 members (excludes halogenated alkanes) is 2. The van der Waals surface area contributed by atoms with Gasteiger partial charge >= 0.3 is 5.97 Å². The first kappa shape index (κ1) is 47.0. The van der Waals surface area contributed by atoms with E-state index >= 15 is 0 Å². The summed E-state index contributed by atoms with van der Waals surface area (Å²) >= 11 is 0. The van der Waals surface area contributed by atoms with E-state index in [1.54, 1.807) is 49.6 Å². The number of allylic oxidation sites excluding steroid dienone is 1. The van der Waals surface area contributed by atoms with Crippen molar-refractivity contribution in [3.8, 4) is 0 Å². The zero-order valence-electron chi connectivity index (χ0n) is 26.8. The van der Waals surface area contributed by atoms with E-state index in [0.717, 1.165) is 25.3 Å². The number of hydrogen-bond acceptors (Lipinski definition) is 11. The van der Waals surface area contributed by atoms with E-state index < -0.39 is 0 Å². The van der Waals surface area contributed by atoms with Gasteiger partial charge in [0.2, 0.25) is 0 Å². The van der Waals surface area contributed by atoms with Crippen LogP contribution in [0.2, 0.25) is 0 Å². The Kier molecular flexibility index (Phi) is 35.7.